The third-order valence-corrected chi connectivity index (χ3v) is 3.07. The maximum atomic E-state index is 11.8. The van der Waals surface area contributed by atoms with Gasteiger partial charge in [-0.25, -0.2) is 9.78 Å². The molecule has 0 aliphatic heterocycles. The molecule has 0 aliphatic rings. The molecule has 2 heterocycles. The summed E-state index contributed by atoms with van der Waals surface area (Å²) in [7, 11) is 0. The molecule has 6 nitrogen and oxygen atoms in total. The lowest BCUT2D eigenvalue weighted by atomic mass is 10.1. The highest BCUT2D eigenvalue weighted by Gasteiger charge is 2.06. The van der Waals surface area contributed by atoms with Crippen molar-refractivity contribution in [2.45, 2.75) is 6.61 Å². The van der Waals surface area contributed by atoms with Gasteiger partial charge in [-0.2, -0.15) is 5.26 Å². The summed E-state index contributed by atoms with van der Waals surface area (Å²) in [5.74, 6) is 0. The van der Waals surface area contributed by atoms with Gasteiger partial charge in [-0.1, -0.05) is 12.1 Å². The summed E-state index contributed by atoms with van der Waals surface area (Å²) < 4.78 is 5.13. The number of H-pyrrole nitrogens is 1. The fourth-order valence-corrected chi connectivity index (χ4v) is 2.04. The SMILES string of the molecule is N#Cc1cccc(COC(=O)Nc2cnc3[nH]ccc3c2)c1. The highest BCUT2D eigenvalue weighted by Crippen LogP contribution is 2.15. The Labute approximate surface area is 126 Å². The molecule has 0 unspecified atom stereocenters. The van der Waals surface area contributed by atoms with Crippen molar-refractivity contribution < 1.29 is 9.53 Å². The first kappa shape index (κ1) is 13.6. The van der Waals surface area contributed by atoms with Crippen molar-refractivity contribution in [1.82, 2.24) is 9.97 Å². The molecule has 2 aromatic heterocycles. The van der Waals surface area contributed by atoms with E-state index in [1.54, 1.807) is 42.7 Å². The number of pyridine rings is 1. The molecule has 0 radical (unpaired) electrons. The molecule has 3 aromatic rings. The van der Waals surface area contributed by atoms with Gasteiger partial charge in [0.25, 0.3) is 0 Å². The number of rotatable bonds is 3. The number of ether oxygens (including phenoxy) is 1. The van der Waals surface area contributed by atoms with Crippen LogP contribution < -0.4 is 5.32 Å². The van der Waals surface area contributed by atoms with Gasteiger partial charge in [-0.15, -0.1) is 0 Å². The molecule has 3 rings (SSSR count). The van der Waals surface area contributed by atoms with Crippen LogP contribution in [0.15, 0.2) is 48.8 Å². The number of carbonyl (C=O) groups excluding carboxylic acids is 1. The first-order chi connectivity index (χ1) is 10.7. The molecule has 0 bridgehead atoms. The number of hydrogen-bond donors (Lipinski definition) is 2. The Morgan fingerprint density at radius 1 is 1.36 bits per heavy atom. The second kappa shape index (κ2) is 5.97. The molecule has 1 aromatic carbocycles. The standard InChI is InChI=1S/C16H12N4O2/c17-8-11-2-1-3-12(6-11)10-22-16(21)20-14-7-13-4-5-18-15(13)19-9-14/h1-7,9H,10H2,(H,18,19)(H,20,21). The lowest BCUT2D eigenvalue weighted by Gasteiger charge is -2.07. The summed E-state index contributed by atoms with van der Waals surface area (Å²) in [4.78, 5) is 18.9. The number of nitrogens with one attached hydrogen (secondary N) is 2. The predicted molar refractivity (Wildman–Crippen MR) is 81.1 cm³/mol. The van der Waals surface area contributed by atoms with Crippen molar-refractivity contribution in [3.63, 3.8) is 0 Å². The minimum Gasteiger partial charge on any atom is -0.444 e. The molecule has 22 heavy (non-hydrogen) atoms. The van der Waals surface area contributed by atoms with Gasteiger partial charge >= 0.3 is 6.09 Å². The van der Waals surface area contributed by atoms with Crippen LogP contribution in [0.25, 0.3) is 11.0 Å². The Kier molecular flexibility index (Phi) is 3.70. The smallest absolute Gasteiger partial charge is 0.412 e. The zero-order valence-electron chi connectivity index (χ0n) is 11.5. The highest BCUT2D eigenvalue weighted by molar-refractivity contribution is 5.88. The Hall–Kier alpha value is -3.33. The quantitative estimate of drug-likeness (QED) is 0.775. The second-order valence-corrected chi connectivity index (χ2v) is 4.65. The van der Waals surface area contributed by atoms with E-state index >= 15 is 0 Å². The van der Waals surface area contributed by atoms with Gasteiger partial charge in [0.2, 0.25) is 0 Å². The van der Waals surface area contributed by atoms with Crippen LogP contribution in [0.1, 0.15) is 11.1 Å². The van der Waals surface area contributed by atoms with Gasteiger partial charge < -0.3 is 9.72 Å². The Balaban J connectivity index is 1.61. The average molecular weight is 292 g/mol. The molecular formula is C16H12N4O2. The molecule has 0 spiro atoms. The van der Waals surface area contributed by atoms with Crippen LogP contribution in [0.4, 0.5) is 10.5 Å². The van der Waals surface area contributed by atoms with Gasteiger partial charge in [0.05, 0.1) is 23.5 Å². The summed E-state index contributed by atoms with van der Waals surface area (Å²) in [6.45, 7) is 0.0984. The average Bonchev–Trinajstić information content (AvgIpc) is 3.01. The number of nitrogens with zero attached hydrogens (tertiary/aromatic N) is 2. The van der Waals surface area contributed by atoms with Gasteiger partial charge in [-0.05, 0) is 29.8 Å². The van der Waals surface area contributed by atoms with Crippen molar-refractivity contribution in [3.05, 3.63) is 59.9 Å². The first-order valence-corrected chi connectivity index (χ1v) is 6.60. The minimum absolute atomic E-state index is 0.0984. The number of aromatic nitrogens is 2. The fourth-order valence-electron chi connectivity index (χ4n) is 2.04. The van der Waals surface area contributed by atoms with E-state index in [9.17, 15) is 4.79 Å². The van der Waals surface area contributed by atoms with Gasteiger partial charge in [0.15, 0.2) is 0 Å². The van der Waals surface area contributed by atoms with E-state index in [0.717, 1.165) is 16.6 Å². The van der Waals surface area contributed by atoms with E-state index in [2.05, 4.69) is 15.3 Å². The largest absolute Gasteiger partial charge is 0.444 e. The molecule has 2 N–H and O–H groups in total. The maximum Gasteiger partial charge on any atom is 0.412 e. The van der Waals surface area contributed by atoms with Crippen LogP contribution in [0.2, 0.25) is 0 Å². The Morgan fingerprint density at radius 3 is 3.14 bits per heavy atom. The molecule has 1 amide bonds. The third-order valence-electron chi connectivity index (χ3n) is 3.07. The molecule has 108 valence electrons. The molecule has 0 saturated carbocycles. The van der Waals surface area contributed by atoms with Crippen LogP contribution in [0.5, 0.6) is 0 Å². The summed E-state index contributed by atoms with van der Waals surface area (Å²) in [6.07, 6.45) is 2.76. The fraction of sp³-hybridized carbons (Fsp3) is 0.0625. The third kappa shape index (κ3) is 3.04. The Morgan fingerprint density at radius 2 is 2.27 bits per heavy atom. The van der Waals surface area contributed by atoms with Crippen LogP contribution in [0.3, 0.4) is 0 Å². The number of benzene rings is 1. The number of fused-ring (bicyclic) bond motifs is 1. The van der Waals surface area contributed by atoms with Crippen molar-refractivity contribution in [1.29, 1.82) is 5.26 Å². The van der Waals surface area contributed by atoms with E-state index in [1.807, 2.05) is 12.1 Å². The molecule has 0 saturated heterocycles. The number of anilines is 1. The number of aromatic amines is 1. The number of amides is 1. The first-order valence-electron chi connectivity index (χ1n) is 6.60. The van der Waals surface area contributed by atoms with Gasteiger partial charge in [0, 0.05) is 11.6 Å². The molecule has 0 atom stereocenters. The highest BCUT2D eigenvalue weighted by atomic mass is 16.5. The minimum atomic E-state index is -0.570. The summed E-state index contributed by atoms with van der Waals surface area (Å²) in [6, 6.07) is 12.6. The summed E-state index contributed by atoms with van der Waals surface area (Å²) in [5.41, 5.74) is 2.60. The van der Waals surface area contributed by atoms with E-state index < -0.39 is 6.09 Å². The van der Waals surface area contributed by atoms with Crippen molar-refractivity contribution in [2.75, 3.05) is 5.32 Å². The van der Waals surface area contributed by atoms with Crippen LogP contribution >= 0.6 is 0 Å². The van der Waals surface area contributed by atoms with Crippen molar-refractivity contribution in [3.8, 4) is 6.07 Å². The summed E-state index contributed by atoms with van der Waals surface area (Å²) in [5, 5.41) is 12.3. The van der Waals surface area contributed by atoms with Gasteiger partial charge in [0.1, 0.15) is 12.3 Å². The van der Waals surface area contributed by atoms with E-state index in [4.69, 9.17) is 10.00 Å². The van der Waals surface area contributed by atoms with E-state index in [-0.39, 0.29) is 6.61 Å². The van der Waals surface area contributed by atoms with Crippen LogP contribution in [0, 0.1) is 11.3 Å². The number of nitriles is 1. The molecule has 6 heteroatoms. The second-order valence-electron chi connectivity index (χ2n) is 4.65. The van der Waals surface area contributed by atoms with Gasteiger partial charge in [-0.3, -0.25) is 5.32 Å². The maximum absolute atomic E-state index is 11.8. The zero-order chi connectivity index (χ0) is 15.4. The normalized spacial score (nSPS) is 10.1. The lowest BCUT2D eigenvalue weighted by Crippen LogP contribution is -2.13. The van der Waals surface area contributed by atoms with Crippen molar-refractivity contribution >= 4 is 22.8 Å². The lowest BCUT2D eigenvalue weighted by molar-refractivity contribution is 0.155. The number of carbonyl (C=O) groups is 1. The van der Waals surface area contributed by atoms with Crippen LogP contribution in [-0.2, 0) is 11.3 Å². The predicted octanol–water partition coefficient (Wildman–Crippen LogP) is 3.18. The monoisotopic (exact) mass is 292 g/mol. The molecule has 0 fully saturated rings. The molecule has 0 aliphatic carbocycles. The van der Waals surface area contributed by atoms with E-state index in [0.29, 0.717) is 11.3 Å². The zero-order valence-corrected chi connectivity index (χ0v) is 11.5. The Bertz CT molecular complexity index is 864. The summed E-state index contributed by atoms with van der Waals surface area (Å²) >= 11 is 0. The van der Waals surface area contributed by atoms with Crippen molar-refractivity contribution in [2.24, 2.45) is 0 Å². The van der Waals surface area contributed by atoms with E-state index in [1.165, 1.54) is 0 Å². The number of hydrogen-bond acceptors (Lipinski definition) is 4. The van der Waals surface area contributed by atoms with Crippen LogP contribution in [-0.4, -0.2) is 16.1 Å². The topological polar surface area (TPSA) is 90.8 Å². The molecular weight excluding hydrogens is 280 g/mol.